The molecule has 0 radical (unpaired) electrons. The molecule has 0 aliphatic carbocycles. The van der Waals surface area contributed by atoms with Crippen LogP contribution in [0.15, 0.2) is 70.5 Å². The maximum absolute atomic E-state index is 11.7. The van der Waals surface area contributed by atoms with Crippen molar-refractivity contribution in [1.29, 1.82) is 0 Å². The fourth-order valence-corrected chi connectivity index (χ4v) is 16.6. The van der Waals surface area contributed by atoms with E-state index >= 15 is 0 Å². The zero-order valence-electron chi connectivity index (χ0n) is 66.8. The summed E-state index contributed by atoms with van der Waals surface area (Å²) < 4.78 is 70.1. The van der Waals surface area contributed by atoms with Gasteiger partial charge in [0.2, 0.25) is 0 Å². The summed E-state index contributed by atoms with van der Waals surface area (Å²) in [6.07, 6.45) is 92.3. The zero-order chi connectivity index (χ0) is 71.9. The topological polar surface area (TPSA) is 114 Å². The molecule has 0 spiro atoms. The van der Waals surface area contributed by atoms with Crippen molar-refractivity contribution in [2.24, 2.45) is 0 Å². The van der Waals surface area contributed by atoms with Gasteiger partial charge in [-0.1, -0.05) is 449 Å². The van der Waals surface area contributed by atoms with E-state index in [0.29, 0.717) is 0 Å². The second-order valence-corrected chi connectivity index (χ2v) is 34.1. The molecule has 0 bridgehead atoms. The molecule has 101 heavy (non-hydrogen) atoms. The van der Waals surface area contributed by atoms with Gasteiger partial charge in [-0.25, -0.2) is 16.8 Å². The van der Waals surface area contributed by atoms with Crippen molar-refractivity contribution in [1.82, 2.24) is 0 Å². The summed E-state index contributed by atoms with van der Waals surface area (Å²) in [5, 5.41) is 4.02. The summed E-state index contributed by atoms with van der Waals surface area (Å²) in [6.45, 7) is 9.16. The van der Waals surface area contributed by atoms with Gasteiger partial charge in [0.1, 0.15) is 20.2 Å². The molecule has 6 nitrogen and oxygen atoms in total. The number of rotatable bonds is 70. The second kappa shape index (κ2) is 67.0. The Hall–Kier alpha value is -1.21. The monoisotopic (exact) mass is 1560 g/mol. The quantitative estimate of drug-likeness (QED) is 0.0247. The number of hydrogen-bond donors (Lipinski definition) is 0. The molecule has 9 heteroatoms. The zero-order valence-corrected chi connectivity index (χ0v) is 72.9. The number of benzene rings is 4. The Bertz CT molecular complexity index is 2570. The first-order chi connectivity index (χ1) is 48.9. The van der Waals surface area contributed by atoms with E-state index in [-0.39, 0.29) is 58.7 Å². The van der Waals surface area contributed by atoms with Gasteiger partial charge in [0, 0.05) is 0 Å². The maximum atomic E-state index is 11.7. The molecule has 0 N–H and O–H groups in total. The average molecular weight is 1560 g/mol. The summed E-state index contributed by atoms with van der Waals surface area (Å²) in [5.41, 5.74) is 5.59. The molecule has 0 saturated carbocycles. The van der Waals surface area contributed by atoms with E-state index in [1.165, 1.54) is 445 Å². The minimum Gasteiger partial charge on any atom is -0.744 e. The Morgan fingerprint density at radius 1 is 0.218 bits per heavy atom. The SMILES string of the molecule is CCCCCCCCCCCCCCCCCCc1ccc2cc(S(=O)(=O)[O-])ccc2c1CCCCCCCCCCCCCCCCCC.CCCCCCCCCCCCCCCCCCc1ccc2cc(S(=O)(=O)[O-])ccc2c1CCCCCCCCCCCCCCCCCC.[Ba+2]. The van der Waals surface area contributed by atoms with Crippen LogP contribution in [-0.4, -0.2) is 74.8 Å². The summed E-state index contributed by atoms with van der Waals surface area (Å²) in [5.74, 6) is 0. The van der Waals surface area contributed by atoms with Crippen molar-refractivity contribution < 1.29 is 25.9 Å². The van der Waals surface area contributed by atoms with E-state index < -0.39 is 20.2 Å². The first-order valence-corrected chi connectivity index (χ1v) is 46.8. The van der Waals surface area contributed by atoms with Crippen LogP contribution in [0.25, 0.3) is 21.5 Å². The third kappa shape index (κ3) is 50.9. The predicted molar refractivity (Wildman–Crippen MR) is 443 cm³/mol. The van der Waals surface area contributed by atoms with Gasteiger partial charge < -0.3 is 9.11 Å². The van der Waals surface area contributed by atoms with Gasteiger partial charge in [-0.3, -0.25) is 0 Å². The number of unbranched alkanes of at least 4 members (excludes halogenated alkanes) is 60. The molecule has 0 aromatic heterocycles. The predicted octanol–water partition coefficient (Wildman–Crippen LogP) is 30.3. The molecule has 0 aliphatic heterocycles. The van der Waals surface area contributed by atoms with Crippen molar-refractivity contribution in [2.75, 3.05) is 0 Å². The van der Waals surface area contributed by atoms with E-state index in [1.807, 2.05) is 24.3 Å². The third-order valence-corrected chi connectivity index (χ3v) is 23.8. The fourth-order valence-electron chi connectivity index (χ4n) is 15.6. The number of fused-ring (bicyclic) bond motifs is 2. The molecule has 0 fully saturated rings. The van der Waals surface area contributed by atoms with Crippen LogP contribution in [-0.2, 0) is 45.9 Å². The standard InChI is InChI=1S/2C46H80O3S.Ba/c2*1-3-5-7-9-11-13-15-17-19-21-23-25-27-29-31-33-35-42-37-38-43-41-44(50(47,48)49)39-40-46(43)45(42)36-34-32-30-28-26-24-22-20-18-16-14-12-10-8-6-4-2;/h2*37-41H,3-36H2,1-2H3,(H,47,48,49);/q;;+2/p-2. The minimum absolute atomic E-state index is 0. The first kappa shape index (κ1) is 95.9. The van der Waals surface area contributed by atoms with E-state index in [4.69, 9.17) is 0 Å². The van der Waals surface area contributed by atoms with Crippen LogP contribution in [0, 0.1) is 0 Å². The summed E-state index contributed by atoms with van der Waals surface area (Å²) in [7, 11) is -8.90. The molecule has 0 saturated heterocycles. The Labute approximate surface area is 667 Å². The Balaban J connectivity index is 0.000000680. The van der Waals surface area contributed by atoms with Crippen molar-refractivity contribution in [2.45, 2.75) is 474 Å². The second-order valence-electron chi connectivity index (χ2n) is 31.3. The number of aryl methyl sites for hydroxylation is 4. The van der Waals surface area contributed by atoms with E-state index in [0.717, 1.165) is 47.2 Å². The molecule has 0 atom stereocenters. The van der Waals surface area contributed by atoms with Crippen LogP contribution in [0.1, 0.15) is 461 Å². The van der Waals surface area contributed by atoms with Gasteiger partial charge in [0.05, 0.1) is 9.79 Å². The van der Waals surface area contributed by atoms with Gasteiger partial charge in [-0.05, 0) is 119 Å². The van der Waals surface area contributed by atoms with Crippen LogP contribution in [0.5, 0.6) is 0 Å². The van der Waals surface area contributed by atoms with Gasteiger partial charge in [-0.2, -0.15) is 0 Å². The van der Waals surface area contributed by atoms with Crippen LogP contribution in [0.2, 0.25) is 0 Å². The fraction of sp³-hybridized carbons (Fsp3) is 0.783. The van der Waals surface area contributed by atoms with Crippen LogP contribution < -0.4 is 0 Å². The molecule has 0 aliphatic rings. The molecule has 0 unspecified atom stereocenters. The first-order valence-electron chi connectivity index (χ1n) is 43.9. The molecule has 4 aromatic carbocycles. The van der Waals surface area contributed by atoms with Crippen molar-refractivity contribution >= 4 is 90.7 Å². The summed E-state index contributed by atoms with van der Waals surface area (Å²) in [6, 6.07) is 18.4. The molecule has 0 heterocycles. The molecule has 4 aromatic rings. The average Bonchev–Trinajstić information content (AvgIpc) is 0.797. The van der Waals surface area contributed by atoms with Gasteiger partial charge in [-0.15, -0.1) is 0 Å². The molecule has 0 amide bonds. The van der Waals surface area contributed by atoms with Crippen LogP contribution in [0.4, 0.5) is 0 Å². The largest absolute Gasteiger partial charge is 2.00 e. The Morgan fingerprint density at radius 3 is 0.564 bits per heavy atom. The van der Waals surface area contributed by atoms with Crippen LogP contribution >= 0.6 is 0 Å². The van der Waals surface area contributed by atoms with Gasteiger partial charge >= 0.3 is 48.9 Å². The summed E-state index contributed by atoms with van der Waals surface area (Å²) in [4.78, 5) is -0.243. The molecular formula is C92H158BaO6S2. The van der Waals surface area contributed by atoms with Gasteiger partial charge in [0.25, 0.3) is 0 Å². The number of hydrogen-bond acceptors (Lipinski definition) is 6. The molecule has 576 valence electrons. The molecule has 4 rings (SSSR count). The van der Waals surface area contributed by atoms with Gasteiger partial charge in [0.15, 0.2) is 0 Å². The Morgan fingerprint density at radius 2 is 0.386 bits per heavy atom. The van der Waals surface area contributed by atoms with Crippen LogP contribution in [0.3, 0.4) is 0 Å². The van der Waals surface area contributed by atoms with Crippen molar-refractivity contribution in [3.05, 3.63) is 82.9 Å². The Kier molecular flexibility index (Phi) is 63.5. The normalized spacial score (nSPS) is 11.9. The third-order valence-electron chi connectivity index (χ3n) is 22.1. The maximum Gasteiger partial charge on any atom is 2.00 e. The van der Waals surface area contributed by atoms with Crippen molar-refractivity contribution in [3.63, 3.8) is 0 Å². The molecular weight excluding hydrogens is 1400 g/mol. The van der Waals surface area contributed by atoms with E-state index in [1.54, 1.807) is 12.1 Å². The van der Waals surface area contributed by atoms with E-state index in [9.17, 15) is 25.9 Å². The minimum atomic E-state index is -4.45. The van der Waals surface area contributed by atoms with Crippen molar-refractivity contribution in [3.8, 4) is 0 Å². The van der Waals surface area contributed by atoms with E-state index in [2.05, 4.69) is 39.8 Å². The summed E-state index contributed by atoms with van der Waals surface area (Å²) >= 11 is 0. The smallest absolute Gasteiger partial charge is 0.744 e.